The van der Waals surface area contributed by atoms with E-state index in [0.29, 0.717) is 0 Å². The first-order chi connectivity index (χ1) is 16.6. The molecule has 1 aromatic rings. The van der Waals surface area contributed by atoms with Crippen LogP contribution in [0.5, 0.6) is 0 Å². The van der Waals surface area contributed by atoms with E-state index in [9.17, 15) is 0 Å². The Morgan fingerprint density at radius 3 is 1.79 bits per heavy atom. The molecule has 0 aliphatic carbocycles. The van der Waals surface area contributed by atoms with Gasteiger partial charge in [0.2, 0.25) is 0 Å². The molecule has 0 bridgehead atoms. The zero-order chi connectivity index (χ0) is 23.9. The molecule has 3 heterocycles. The normalized spacial score (nSPS) is 20.9. The van der Waals surface area contributed by atoms with E-state index in [1.807, 2.05) is 0 Å². The van der Waals surface area contributed by atoms with Crippen molar-refractivity contribution in [3.05, 3.63) is 48.6 Å². The minimum Gasteiger partial charge on any atom is -0.371 e. The molecule has 188 valence electrons. The molecule has 4 rings (SSSR count). The summed E-state index contributed by atoms with van der Waals surface area (Å²) in [5.74, 6) is 0. The Labute approximate surface area is 209 Å². The lowest BCUT2D eigenvalue weighted by Crippen LogP contribution is -2.44. The Bertz CT molecular complexity index is 790. The van der Waals surface area contributed by atoms with Crippen LogP contribution in [0.4, 0.5) is 0 Å². The standard InChI is InChI=1S/C30H48N4/c1-5-16-33(17-6-2)29-12-20-31(21-13-29)25(3)27-10-9-11-28(24-27)26(4)32-22-14-30(15-23-32)34-18-7-8-19-34/h9-11,24,29-30H,3-8,12-23H2,1-2H3. The van der Waals surface area contributed by atoms with Crippen LogP contribution < -0.4 is 0 Å². The zero-order valence-electron chi connectivity index (χ0n) is 22.0. The molecule has 3 saturated heterocycles. The molecule has 4 heteroatoms. The maximum Gasteiger partial charge on any atom is 0.0367 e. The highest BCUT2D eigenvalue weighted by atomic mass is 15.2. The average molecular weight is 465 g/mol. The fourth-order valence-corrected chi connectivity index (χ4v) is 6.40. The summed E-state index contributed by atoms with van der Waals surface area (Å²) in [7, 11) is 0. The lowest BCUT2D eigenvalue weighted by Gasteiger charge is -2.40. The van der Waals surface area contributed by atoms with E-state index in [4.69, 9.17) is 0 Å². The lowest BCUT2D eigenvalue weighted by atomic mass is 9.98. The summed E-state index contributed by atoms with van der Waals surface area (Å²) < 4.78 is 0. The van der Waals surface area contributed by atoms with Crippen molar-refractivity contribution >= 4 is 11.4 Å². The van der Waals surface area contributed by atoms with Crippen LogP contribution in [0, 0.1) is 0 Å². The van der Waals surface area contributed by atoms with Gasteiger partial charge < -0.3 is 19.6 Å². The Morgan fingerprint density at radius 1 is 0.794 bits per heavy atom. The van der Waals surface area contributed by atoms with Gasteiger partial charge in [0.25, 0.3) is 0 Å². The molecule has 3 aliphatic heterocycles. The molecule has 34 heavy (non-hydrogen) atoms. The van der Waals surface area contributed by atoms with Gasteiger partial charge in [-0.25, -0.2) is 0 Å². The Balaban J connectivity index is 1.31. The van der Waals surface area contributed by atoms with E-state index in [1.165, 1.54) is 100 Å². The number of rotatable bonds is 10. The first kappa shape index (κ1) is 25.3. The van der Waals surface area contributed by atoms with Crippen molar-refractivity contribution in [1.82, 2.24) is 19.6 Å². The Kier molecular flexibility index (Phi) is 9.13. The van der Waals surface area contributed by atoms with E-state index in [1.54, 1.807) is 0 Å². The van der Waals surface area contributed by atoms with Gasteiger partial charge in [-0.3, -0.25) is 0 Å². The number of nitrogens with zero attached hydrogens (tertiary/aromatic N) is 4. The van der Waals surface area contributed by atoms with E-state index < -0.39 is 0 Å². The van der Waals surface area contributed by atoms with Crippen molar-refractivity contribution in [2.24, 2.45) is 0 Å². The summed E-state index contributed by atoms with van der Waals surface area (Å²) in [6.07, 6.45) is 10.3. The maximum absolute atomic E-state index is 4.52. The molecule has 0 amide bonds. The van der Waals surface area contributed by atoms with Crippen LogP contribution >= 0.6 is 0 Å². The summed E-state index contributed by atoms with van der Waals surface area (Å²) in [5, 5.41) is 0. The van der Waals surface area contributed by atoms with Crippen molar-refractivity contribution in [3.63, 3.8) is 0 Å². The van der Waals surface area contributed by atoms with E-state index in [0.717, 1.165) is 38.3 Å². The monoisotopic (exact) mass is 464 g/mol. The second kappa shape index (κ2) is 12.3. The highest BCUT2D eigenvalue weighted by Crippen LogP contribution is 2.29. The minimum atomic E-state index is 0.735. The lowest BCUT2D eigenvalue weighted by molar-refractivity contribution is 0.132. The number of benzene rings is 1. The highest BCUT2D eigenvalue weighted by molar-refractivity contribution is 5.69. The fourth-order valence-electron chi connectivity index (χ4n) is 6.40. The van der Waals surface area contributed by atoms with Gasteiger partial charge in [0.1, 0.15) is 0 Å². The quantitative estimate of drug-likeness (QED) is 0.435. The average Bonchev–Trinajstić information content (AvgIpc) is 3.43. The first-order valence-corrected chi connectivity index (χ1v) is 14.1. The summed E-state index contributed by atoms with van der Waals surface area (Å²) >= 11 is 0. The third-order valence-corrected chi connectivity index (χ3v) is 8.42. The number of likely N-dealkylation sites (tertiary alicyclic amines) is 3. The van der Waals surface area contributed by atoms with Crippen LogP contribution in [0.15, 0.2) is 37.4 Å². The van der Waals surface area contributed by atoms with Gasteiger partial charge in [0, 0.05) is 49.7 Å². The highest BCUT2D eigenvalue weighted by Gasteiger charge is 2.28. The van der Waals surface area contributed by atoms with E-state index >= 15 is 0 Å². The number of hydrogen-bond acceptors (Lipinski definition) is 4. The molecule has 0 N–H and O–H groups in total. The van der Waals surface area contributed by atoms with Gasteiger partial charge in [-0.1, -0.05) is 45.2 Å². The van der Waals surface area contributed by atoms with Crippen LogP contribution in [0.2, 0.25) is 0 Å². The second-order valence-electron chi connectivity index (χ2n) is 10.7. The van der Waals surface area contributed by atoms with Crippen molar-refractivity contribution < 1.29 is 0 Å². The van der Waals surface area contributed by atoms with Crippen molar-refractivity contribution in [2.45, 2.75) is 77.3 Å². The van der Waals surface area contributed by atoms with E-state index in [-0.39, 0.29) is 0 Å². The molecule has 0 unspecified atom stereocenters. The molecule has 0 saturated carbocycles. The molecule has 4 nitrogen and oxygen atoms in total. The predicted octanol–water partition coefficient (Wildman–Crippen LogP) is 5.77. The summed E-state index contributed by atoms with van der Waals surface area (Å²) in [4.78, 5) is 10.5. The third-order valence-electron chi connectivity index (χ3n) is 8.42. The van der Waals surface area contributed by atoms with Crippen LogP contribution in [-0.2, 0) is 0 Å². The largest absolute Gasteiger partial charge is 0.371 e. The van der Waals surface area contributed by atoms with Crippen LogP contribution in [0.1, 0.15) is 76.3 Å². The van der Waals surface area contributed by atoms with Gasteiger partial charge in [0.15, 0.2) is 0 Å². The first-order valence-electron chi connectivity index (χ1n) is 14.1. The smallest absolute Gasteiger partial charge is 0.0367 e. The van der Waals surface area contributed by atoms with Crippen LogP contribution in [0.3, 0.4) is 0 Å². The molecule has 3 aliphatic rings. The molecular formula is C30H48N4. The second-order valence-corrected chi connectivity index (χ2v) is 10.7. The molecule has 0 atom stereocenters. The van der Waals surface area contributed by atoms with Crippen LogP contribution in [0.25, 0.3) is 11.4 Å². The number of piperidine rings is 2. The van der Waals surface area contributed by atoms with Crippen molar-refractivity contribution in [2.75, 3.05) is 52.4 Å². The topological polar surface area (TPSA) is 13.0 Å². The number of hydrogen-bond donors (Lipinski definition) is 0. The van der Waals surface area contributed by atoms with E-state index in [2.05, 4.69) is 70.9 Å². The maximum atomic E-state index is 4.52. The molecule has 1 aromatic carbocycles. The van der Waals surface area contributed by atoms with Gasteiger partial charge in [-0.15, -0.1) is 0 Å². The molecule has 3 fully saturated rings. The summed E-state index contributed by atoms with van der Waals surface area (Å²) in [5.41, 5.74) is 4.87. The van der Waals surface area contributed by atoms with Crippen molar-refractivity contribution in [3.8, 4) is 0 Å². The van der Waals surface area contributed by atoms with Gasteiger partial charge >= 0.3 is 0 Å². The zero-order valence-corrected chi connectivity index (χ0v) is 22.0. The molecule has 0 spiro atoms. The summed E-state index contributed by atoms with van der Waals surface area (Å²) in [6, 6.07) is 10.5. The van der Waals surface area contributed by atoms with Gasteiger partial charge in [-0.05, 0) is 94.7 Å². The Hall–Kier alpha value is -1.78. The minimum absolute atomic E-state index is 0.735. The molecular weight excluding hydrogens is 416 g/mol. The third kappa shape index (κ3) is 6.07. The van der Waals surface area contributed by atoms with Gasteiger partial charge in [-0.2, -0.15) is 0 Å². The van der Waals surface area contributed by atoms with Crippen LogP contribution in [-0.4, -0.2) is 84.0 Å². The SMILES string of the molecule is C=C(c1cccc(C(=C)N2CCC(N3CCCC3)CC2)c1)N1CCC(N(CCC)CCC)CC1. The van der Waals surface area contributed by atoms with Crippen molar-refractivity contribution in [1.29, 1.82) is 0 Å². The summed E-state index contributed by atoms with van der Waals surface area (Å²) in [6.45, 7) is 23.2. The molecule has 0 aromatic heterocycles. The fraction of sp³-hybridized carbons (Fsp3) is 0.667. The van der Waals surface area contributed by atoms with Gasteiger partial charge in [0.05, 0.1) is 0 Å². The predicted molar refractivity (Wildman–Crippen MR) is 147 cm³/mol. The Morgan fingerprint density at radius 2 is 1.29 bits per heavy atom. The molecule has 0 radical (unpaired) electrons.